The molecule has 7 nitrogen and oxygen atoms in total. The number of piperazine rings is 1. The van der Waals surface area contributed by atoms with Crippen LogP contribution in [0.25, 0.3) is 0 Å². The minimum atomic E-state index is -0.218. The van der Waals surface area contributed by atoms with Crippen molar-refractivity contribution in [1.29, 1.82) is 0 Å². The predicted octanol–water partition coefficient (Wildman–Crippen LogP) is 0.992. The maximum absolute atomic E-state index is 12.6. The molecule has 7 heteroatoms. The molecule has 1 aromatic heterocycles. The highest BCUT2D eigenvalue weighted by molar-refractivity contribution is 5.96. The van der Waals surface area contributed by atoms with Crippen molar-refractivity contribution in [3.8, 4) is 5.75 Å². The number of hydrogen-bond acceptors (Lipinski definition) is 4. The molecule has 0 aliphatic carbocycles. The molecule has 0 spiro atoms. The molecule has 0 unspecified atom stereocenters. The number of hydrogen-bond donors (Lipinski definition) is 0. The summed E-state index contributed by atoms with van der Waals surface area (Å²) in [5, 5.41) is 0. The number of nitrogens with zero attached hydrogens (tertiary/aromatic N) is 3. The number of aromatic nitrogens is 1. The summed E-state index contributed by atoms with van der Waals surface area (Å²) in [6.45, 7) is 1.80. The molecule has 2 heterocycles. The molecule has 1 aliphatic rings. The van der Waals surface area contributed by atoms with Crippen LogP contribution in [0.4, 0.5) is 0 Å². The lowest BCUT2D eigenvalue weighted by molar-refractivity contribution is 0.0535. The number of carbonyl (C=O) groups is 2. The van der Waals surface area contributed by atoms with Crippen LogP contribution in [-0.4, -0.2) is 59.5 Å². The third kappa shape index (κ3) is 3.61. The molecule has 0 bridgehead atoms. The monoisotopic (exact) mass is 355 g/mol. The summed E-state index contributed by atoms with van der Waals surface area (Å²) in [5.74, 6) is 0.457. The van der Waals surface area contributed by atoms with Crippen molar-refractivity contribution in [2.75, 3.05) is 33.3 Å². The molecule has 1 saturated heterocycles. The van der Waals surface area contributed by atoms with E-state index < -0.39 is 0 Å². The molecular formula is C19H21N3O4. The van der Waals surface area contributed by atoms with E-state index in [9.17, 15) is 14.4 Å². The van der Waals surface area contributed by atoms with Crippen molar-refractivity contribution in [2.45, 2.75) is 0 Å². The molecule has 3 rings (SSSR count). The number of amides is 2. The summed E-state index contributed by atoms with van der Waals surface area (Å²) in [7, 11) is 3.22. The Kier molecular flexibility index (Phi) is 5.06. The first kappa shape index (κ1) is 17.7. The van der Waals surface area contributed by atoms with Crippen molar-refractivity contribution in [3.63, 3.8) is 0 Å². The van der Waals surface area contributed by atoms with Gasteiger partial charge in [-0.05, 0) is 30.3 Å². The molecule has 0 N–H and O–H groups in total. The Morgan fingerprint density at radius 3 is 1.92 bits per heavy atom. The molecule has 1 aliphatic heterocycles. The Morgan fingerprint density at radius 1 is 0.885 bits per heavy atom. The van der Waals surface area contributed by atoms with E-state index in [2.05, 4.69) is 0 Å². The van der Waals surface area contributed by atoms with E-state index in [4.69, 9.17) is 4.74 Å². The van der Waals surface area contributed by atoms with Gasteiger partial charge in [0.05, 0.1) is 7.11 Å². The van der Waals surface area contributed by atoms with Crippen LogP contribution < -0.4 is 10.3 Å². The molecule has 2 aromatic rings. The molecule has 0 atom stereocenters. The van der Waals surface area contributed by atoms with E-state index in [0.717, 1.165) is 0 Å². The van der Waals surface area contributed by atoms with Crippen LogP contribution in [0.5, 0.6) is 5.75 Å². The standard InChI is InChI=1S/C19H21N3O4/c1-20-8-7-15(13-17(20)23)19(25)22-11-9-21(10-12-22)18(24)14-3-5-16(26-2)6-4-14/h3-8,13H,9-12H2,1-2H3. The fourth-order valence-electron chi connectivity index (χ4n) is 2.89. The van der Waals surface area contributed by atoms with Crippen molar-refractivity contribution in [3.05, 3.63) is 64.1 Å². The van der Waals surface area contributed by atoms with Gasteiger partial charge in [0, 0.05) is 56.6 Å². The normalized spacial score (nSPS) is 14.2. The van der Waals surface area contributed by atoms with E-state index in [1.807, 2.05) is 0 Å². The number of aryl methyl sites for hydroxylation is 1. The highest BCUT2D eigenvalue weighted by Crippen LogP contribution is 2.15. The van der Waals surface area contributed by atoms with Crippen LogP contribution >= 0.6 is 0 Å². The van der Waals surface area contributed by atoms with Crippen LogP contribution in [0.3, 0.4) is 0 Å². The van der Waals surface area contributed by atoms with Crippen molar-refractivity contribution in [1.82, 2.24) is 14.4 Å². The molecule has 2 amide bonds. The highest BCUT2D eigenvalue weighted by Gasteiger charge is 2.25. The van der Waals surface area contributed by atoms with Gasteiger partial charge in [-0.25, -0.2) is 0 Å². The largest absolute Gasteiger partial charge is 0.497 e. The number of carbonyl (C=O) groups excluding carboxylic acids is 2. The van der Waals surface area contributed by atoms with Gasteiger partial charge in [0.2, 0.25) is 0 Å². The van der Waals surface area contributed by atoms with E-state index in [1.54, 1.807) is 60.5 Å². The van der Waals surface area contributed by atoms with Crippen LogP contribution in [0, 0.1) is 0 Å². The average Bonchev–Trinajstić information content (AvgIpc) is 2.69. The van der Waals surface area contributed by atoms with Gasteiger partial charge in [0.1, 0.15) is 5.75 Å². The van der Waals surface area contributed by atoms with Crippen molar-refractivity contribution in [2.24, 2.45) is 7.05 Å². The molecule has 1 aromatic carbocycles. The molecule has 136 valence electrons. The van der Waals surface area contributed by atoms with E-state index >= 15 is 0 Å². The Bertz CT molecular complexity index is 865. The van der Waals surface area contributed by atoms with Crippen LogP contribution in [-0.2, 0) is 7.05 Å². The number of pyridine rings is 1. The van der Waals surface area contributed by atoms with Gasteiger partial charge < -0.3 is 19.1 Å². The van der Waals surface area contributed by atoms with E-state index in [1.165, 1.54) is 10.6 Å². The van der Waals surface area contributed by atoms with Gasteiger partial charge in [-0.2, -0.15) is 0 Å². The van der Waals surface area contributed by atoms with Gasteiger partial charge in [-0.1, -0.05) is 0 Å². The first-order chi connectivity index (χ1) is 12.5. The minimum Gasteiger partial charge on any atom is -0.497 e. The van der Waals surface area contributed by atoms with Crippen LogP contribution in [0.1, 0.15) is 20.7 Å². The van der Waals surface area contributed by atoms with E-state index in [0.29, 0.717) is 43.1 Å². The lowest BCUT2D eigenvalue weighted by Gasteiger charge is -2.34. The number of rotatable bonds is 3. The Labute approximate surface area is 151 Å². The zero-order chi connectivity index (χ0) is 18.7. The van der Waals surface area contributed by atoms with Gasteiger partial charge in [0.15, 0.2) is 0 Å². The summed E-state index contributed by atoms with van der Waals surface area (Å²) in [6, 6.07) is 9.96. The zero-order valence-electron chi connectivity index (χ0n) is 14.8. The fraction of sp³-hybridized carbons (Fsp3) is 0.316. The molecule has 26 heavy (non-hydrogen) atoms. The topological polar surface area (TPSA) is 71.8 Å². The second-order valence-electron chi connectivity index (χ2n) is 6.18. The Hall–Kier alpha value is -3.09. The lowest BCUT2D eigenvalue weighted by Crippen LogP contribution is -2.50. The minimum absolute atomic E-state index is 0.0617. The quantitative estimate of drug-likeness (QED) is 0.823. The summed E-state index contributed by atoms with van der Waals surface area (Å²) in [4.78, 5) is 40.2. The third-order valence-corrected chi connectivity index (χ3v) is 4.54. The maximum Gasteiger partial charge on any atom is 0.254 e. The zero-order valence-corrected chi connectivity index (χ0v) is 14.8. The average molecular weight is 355 g/mol. The second kappa shape index (κ2) is 7.43. The first-order valence-corrected chi connectivity index (χ1v) is 8.39. The first-order valence-electron chi connectivity index (χ1n) is 8.39. The van der Waals surface area contributed by atoms with Gasteiger partial charge in [-0.3, -0.25) is 14.4 Å². The van der Waals surface area contributed by atoms with Crippen LogP contribution in [0.2, 0.25) is 0 Å². The smallest absolute Gasteiger partial charge is 0.254 e. The van der Waals surface area contributed by atoms with Crippen molar-refractivity contribution < 1.29 is 14.3 Å². The van der Waals surface area contributed by atoms with E-state index in [-0.39, 0.29) is 17.4 Å². The van der Waals surface area contributed by atoms with Gasteiger partial charge >= 0.3 is 0 Å². The predicted molar refractivity (Wildman–Crippen MR) is 96.5 cm³/mol. The molecule has 0 saturated carbocycles. The SMILES string of the molecule is COc1ccc(C(=O)N2CCN(C(=O)c3ccn(C)c(=O)c3)CC2)cc1. The Balaban J connectivity index is 1.62. The maximum atomic E-state index is 12.6. The summed E-state index contributed by atoms with van der Waals surface area (Å²) in [5.41, 5.74) is 0.754. The number of methoxy groups -OCH3 is 1. The third-order valence-electron chi connectivity index (χ3n) is 4.54. The lowest BCUT2D eigenvalue weighted by atomic mass is 10.1. The summed E-state index contributed by atoms with van der Waals surface area (Å²) >= 11 is 0. The molecule has 0 radical (unpaired) electrons. The van der Waals surface area contributed by atoms with Crippen molar-refractivity contribution >= 4 is 11.8 Å². The summed E-state index contributed by atoms with van der Waals surface area (Å²) < 4.78 is 6.52. The number of ether oxygens (including phenoxy) is 1. The molecular weight excluding hydrogens is 334 g/mol. The van der Waals surface area contributed by atoms with Gasteiger partial charge in [-0.15, -0.1) is 0 Å². The summed E-state index contributed by atoms with van der Waals surface area (Å²) in [6.07, 6.45) is 1.58. The second-order valence-corrected chi connectivity index (χ2v) is 6.18. The Morgan fingerprint density at radius 2 is 1.42 bits per heavy atom. The highest BCUT2D eigenvalue weighted by atomic mass is 16.5. The van der Waals surface area contributed by atoms with Crippen LogP contribution in [0.15, 0.2) is 47.4 Å². The fourth-order valence-corrected chi connectivity index (χ4v) is 2.89. The molecule has 1 fully saturated rings. The number of benzene rings is 1. The van der Waals surface area contributed by atoms with Gasteiger partial charge in [0.25, 0.3) is 17.4 Å².